The highest BCUT2D eigenvalue weighted by Crippen LogP contribution is 2.20. The first-order valence-electron chi connectivity index (χ1n) is 9.14. The lowest BCUT2D eigenvalue weighted by atomic mass is 10.2. The third-order valence-electron chi connectivity index (χ3n) is 4.40. The van der Waals surface area contributed by atoms with E-state index in [9.17, 15) is 4.21 Å². The monoisotopic (exact) mass is 387 g/mol. The summed E-state index contributed by atoms with van der Waals surface area (Å²) in [5.41, 5.74) is 3.21. The summed E-state index contributed by atoms with van der Waals surface area (Å²) in [6, 6.07) is 1.73. The second-order valence-corrected chi connectivity index (χ2v) is 7.85. The Hall–Kier alpha value is -2.19. The molecule has 0 aliphatic heterocycles. The molecular formula is C19H25N5O2S. The van der Waals surface area contributed by atoms with Gasteiger partial charge in [-0.3, -0.25) is 9.19 Å². The molecule has 3 rings (SSSR count). The van der Waals surface area contributed by atoms with Crippen molar-refractivity contribution >= 4 is 21.8 Å². The zero-order valence-corrected chi connectivity index (χ0v) is 16.6. The summed E-state index contributed by atoms with van der Waals surface area (Å²) < 4.78 is 19.7. The van der Waals surface area contributed by atoms with Crippen LogP contribution in [0.15, 0.2) is 36.0 Å². The molecule has 0 radical (unpaired) electrons. The molecule has 0 saturated heterocycles. The highest BCUT2D eigenvalue weighted by molar-refractivity contribution is 7.84. The molecule has 3 heterocycles. The number of unbranched alkanes of at least 4 members (excludes halogenated alkanes) is 2. The molecule has 0 spiro atoms. The zero-order chi connectivity index (χ0) is 19.1. The standard InChI is InChI=1S/C19H25N5O2S/c1-15-13-20-14-16-18(15)24(17(23-16)7-11-26-2)10-4-3-5-12-27(25)19-21-8-6-9-22-19/h6,8-9,13-14H,3-5,7,10-12H2,1-2H3. The Kier molecular flexibility index (Phi) is 7.00. The van der Waals surface area contributed by atoms with Crippen molar-refractivity contribution in [3.63, 3.8) is 0 Å². The van der Waals surface area contributed by atoms with Gasteiger partial charge in [-0.25, -0.2) is 15.0 Å². The minimum absolute atomic E-state index is 0.420. The van der Waals surface area contributed by atoms with E-state index in [1.54, 1.807) is 25.6 Å². The Balaban J connectivity index is 1.58. The van der Waals surface area contributed by atoms with Crippen LogP contribution in [0.25, 0.3) is 11.0 Å². The van der Waals surface area contributed by atoms with E-state index < -0.39 is 10.8 Å². The summed E-state index contributed by atoms with van der Waals surface area (Å²) in [7, 11) is 0.580. The molecule has 3 aromatic heterocycles. The predicted octanol–water partition coefficient (Wildman–Crippen LogP) is 2.70. The number of pyridine rings is 1. The molecule has 0 bridgehead atoms. The Bertz CT molecular complexity index is 898. The van der Waals surface area contributed by atoms with Crippen LogP contribution >= 0.6 is 0 Å². The molecule has 1 atom stereocenters. The maximum Gasteiger partial charge on any atom is 0.218 e. The minimum Gasteiger partial charge on any atom is -0.384 e. The number of hydrogen-bond donors (Lipinski definition) is 0. The van der Waals surface area contributed by atoms with Crippen molar-refractivity contribution in [2.45, 2.75) is 44.3 Å². The van der Waals surface area contributed by atoms with Crippen molar-refractivity contribution in [3.8, 4) is 0 Å². The largest absolute Gasteiger partial charge is 0.384 e. The van der Waals surface area contributed by atoms with Crippen LogP contribution < -0.4 is 0 Å². The van der Waals surface area contributed by atoms with Crippen LogP contribution in [0, 0.1) is 6.92 Å². The van der Waals surface area contributed by atoms with Crippen LogP contribution in [0.3, 0.4) is 0 Å². The lowest BCUT2D eigenvalue weighted by Gasteiger charge is -2.10. The van der Waals surface area contributed by atoms with Gasteiger partial charge in [0.25, 0.3) is 0 Å². The van der Waals surface area contributed by atoms with Gasteiger partial charge in [0.2, 0.25) is 5.16 Å². The van der Waals surface area contributed by atoms with Crippen molar-refractivity contribution in [1.82, 2.24) is 24.5 Å². The molecule has 0 N–H and O–H groups in total. The molecule has 0 fully saturated rings. The van der Waals surface area contributed by atoms with Crippen molar-refractivity contribution in [2.75, 3.05) is 19.5 Å². The summed E-state index contributed by atoms with van der Waals surface area (Å²) in [5.74, 6) is 1.62. The van der Waals surface area contributed by atoms with Crippen molar-refractivity contribution in [3.05, 3.63) is 42.2 Å². The fourth-order valence-electron chi connectivity index (χ4n) is 3.10. The number of ether oxygens (including phenoxy) is 1. The Morgan fingerprint density at radius 2 is 1.96 bits per heavy atom. The van der Waals surface area contributed by atoms with Gasteiger partial charge in [-0.2, -0.15) is 0 Å². The van der Waals surface area contributed by atoms with Crippen LogP contribution in [0.4, 0.5) is 0 Å². The topological polar surface area (TPSA) is 82.8 Å². The fraction of sp³-hybridized carbons (Fsp3) is 0.474. The van der Waals surface area contributed by atoms with E-state index in [0.29, 0.717) is 17.5 Å². The highest BCUT2D eigenvalue weighted by atomic mass is 32.2. The minimum atomic E-state index is -1.12. The first-order valence-corrected chi connectivity index (χ1v) is 10.5. The number of aryl methyl sites for hydroxylation is 2. The van der Waals surface area contributed by atoms with E-state index in [4.69, 9.17) is 9.72 Å². The molecule has 8 heteroatoms. The van der Waals surface area contributed by atoms with Gasteiger partial charge >= 0.3 is 0 Å². The predicted molar refractivity (Wildman–Crippen MR) is 105 cm³/mol. The second-order valence-electron chi connectivity index (χ2n) is 6.39. The molecule has 7 nitrogen and oxygen atoms in total. The third kappa shape index (κ3) is 4.95. The van der Waals surface area contributed by atoms with Gasteiger partial charge < -0.3 is 9.30 Å². The molecular weight excluding hydrogens is 362 g/mol. The maximum atomic E-state index is 12.2. The number of aromatic nitrogens is 5. The van der Waals surface area contributed by atoms with E-state index in [2.05, 4.69) is 26.4 Å². The van der Waals surface area contributed by atoms with E-state index in [0.717, 1.165) is 54.6 Å². The average Bonchev–Trinajstić information content (AvgIpc) is 3.05. The molecule has 0 aromatic carbocycles. The van der Waals surface area contributed by atoms with Crippen LogP contribution in [0.5, 0.6) is 0 Å². The van der Waals surface area contributed by atoms with Gasteiger partial charge in [-0.05, 0) is 31.4 Å². The normalized spacial score (nSPS) is 12.5. The van der Waals surface area contributed by atoms with E-state index in [1.807, 2.05) is 12.4 Å². The summed E-state index contributed by atoms with van der Waals surface area (Å²) in [6.45, 7) is 3.59. The van der Waals surface area contributed by atoms with E-state index >= 15 is 0 Å². The summed E-state index contributed by atoms with van der Waals surface area (Å²) in [6.07, 6.45) is 10.6. The molecule has 0 aliphatic carbocycles. The first-order chi connectivity index (χ1) is 13.2. The van der Waals surface area contributed by atoms with Gasteiger partial charge in [0.15, 0.2) is 0 Å². The lowest BCUT2D eigenvalue weighted by molar-refractivity contribution is 0.199. The Morgan fingerprint density at radius 3 is 2.74 bits per heavy atom. The highest BCUT2D eigenvalue weighted by Gasteiger charge is 2.13. The van der Waals surface area contributed by atoms with Gasteiger partial charge in [0.1, 0.15) is 11.3 Å². The summed E-state index contributed by atoms with van der Waals surface area (Å²) in [4.78, 5) is 17.1. The quantitative estimate of drug-likeness (QED) is 0.393. The number of nitrogens with zero attached hydrogens (tertiary/aromatic N) is 5. The van der Waals surface area contributed by atoms with Crippen LogP contribution in [0.1, 0.15) is 30.7 Å². The van der Waals surface area contributed by atoms with Gasteiger partial charge in [-0.1, -0.05) is 6.42 Å². The van der Waals surface area contributed by atoms with Crippen LogP contribution in [-0.4, -0.2) is 48.2 Å². The van der Waals surface area contributed by atoms with Gasteiger partial charge in [0, 0.05) is 44.4 Å². The van der Waals surface area contributed by atoms with Crippen LogP contribution in [0.2, 0.25) is 0 Å². The molecule has 1 unspecified atom stereocenters. The van der Waals surface area contributed by atoms with Crippen LogP contribution in [-0.2, 0) is 28.5 Å². The Morgan fingerprint density at radius 1 is 1.15 bits per heavy atom. The maximum absolute atomic E-state index is 12.2. The molecule has 0 saturated carbocycles. The van der Waals surface area contributed by atoms with Crippen molar-refractivity contribution in [2.24, 2.45) is 0 Å². The first kappa shape index (κ1) is 19.6. The third-order valence-corrected chi connectivity index (χ3v) is 5.68. The number of rotatable bonds is 10. The SMILES string of the molecule is COCCc1nc2cncc(C)c2n1CCCCCS(=O)c1ncccn1. The fourth-order valence-corrected chi connectivity index (χ4v) is 4.11. The summed E-state index contributed by atoms with van der Waals surface area (Å²) >= 11 is 0. The van der Waals surface area contributed by atoms with E-state index in [1.165, 1.54) is 0 Å². The van der Waals surface area contributed by atoms with Gasteiger partial charge in [-0.15, -0.1) is 0 Å². The smallest absolute Gasteiger partial charge is 0.218 e. The molecule has 27 heavy (non-hydrogen) atoms. The average molecular weight is 388 g/mol. The Labute approximate surface area is 161 Å². The molecule has 144 valence electrons. The number of fused-ring (bicyclic) bond motifs is 1. The summed E-state index contributed by atoms with van der Waals surface area (Å²) in [5, 5.41) is 0.420. The number of methoxy groups -OCH3 is 1. The van der Waals surface area contributed by atoms with E-state index in [-0.39, 0.29) is 0 Å². The molecule has 0 amide bonds. The second kappa shape index (κ2) is 9.66. The van der Waals surface area contributed by atoms with Crippen molar-refractivity contribution < 1.29 is 8.95 Å². The number of imidazole rings is 1. The molecule has 3 aromatic rings. The zero-order valence-electron chi connectivity index (χ0n) is 15.8. The van der Waals surface area contributed by atoms with Gasteiger partial charge in [0.05, 0.1) is 29.1 Å². The molecule has 0 aliphatic rings. The van der Waals surface area contributed by atoms with Crippen molar-refractivity contribution in [1.29, 1.82) is 0 Å². The lowest BCUT2D eigenvalue weighted by Crippen LogP contribution is -2.08. The number of hydrogen-bond acceptors (Lipinski definition) is 6.